The van der Waals surface area contributed by atoms with Gasteiger partial charge in [0.15, 0.2) is 6.29 Å². The Morgan fingerprint density at radius 1 is 1.05 bits per heavy atom. The van der Waals surface area contributed by atoms with Crippen molar-refractivity contribution in [2.75, 3.05) is 13.7 Å². The number of aliphatic hydroxyl groups is 4. The van der Waals surface area contributed by atoms with Crippen LogP contribution in [0.15, 0.2) is 11.6 Å². The maximum Gasteiger partial charge on any atom is 0.331 e. The molecular formula is C30H46O9. The number of ether oxygens (including phenoxy) is 4. The van der Waals surface area contributed by atoms with Crippen LogP contribution in [-0.4, -0.2) is 88.6 Å². The van der Waals surface area contributed by atoms with Gasteiger partial charge >= 0.3 is 5.97 Å². The summed E-state index contributed by atoms with van der Waals surface area (Å²) in [5.74, 6) is 0.0523. The predicted octanol–water partition coefficient (Wildman–Crippen LogP) is 2.08. The van der Waals surface area contributed by atoms with Gasteiger partial charge in [-0.05, 0) is 93.0 Å². The first-order valence-corrected chi connectivity index (χ1v) is 14.9. The molecule has 4 saturated carbocycles. The Hall–Kier alpha value is -1.07. The van der Waals surface area contributed by atoms with Crippen molar-refractivity contribution in [3.63, 3.8) is 0 Å². The summed E-state index contributed by atoms with van der Waals surface area (Å²) in [7, 11) is 1.47. The molecule has 9 unspecified atom stereocenters. The number of aliphatic hydroxyl groups excluding tert-OH is 3. The first-order valence-electron chi connectivity index (χ1n) is 14.9. The van der Waals surface area contributed by atoms with Crippen molar-refractivity contribution in [1.29, 1.82) is 0 Å². The van der Waals surface area contributed by atoms with E-state index in [2.05, 4.69) is 13.8 Å². The van der Waals surface area contributed by atoms with E-state index in [4.69, 9.17) is 18.9 Å². The van der Waals surface area contributed by atoms with Crippen LogP contribution in [-0.2, 0) is 23.7 Å². The van der Waals surface area contributed by atoms with Gasteiger partial charge in [-0.25, -0.2) is 4.79 Å². The van der Waals surface area contributed by atoms with E-state index in [-0.39, 0.29) is 35.2 Å². The molecule has 4 N–H and O–H groups in total. The largest absolute Gasteiger partial charge is 0.458 e. The SMILES string of the molecule is CO[C@H]1[C@@H](O)[C@@H](C)O[C@@H](OC2CCC3(C)C(CCC4C3C(O)CC3(C)C(C5=CC(=O)OC5)CCC43O)C2)[C@@H]1O. The van der Waals surface area contributed by atoms with E-state index in [0.717, 1.165) is 44.1 Å². The molecular weight excluding hydrogens is 504 g/mol. The highest BCUT2D eigenvalue weighted by atomic mass is 16.7. The second-order valence-electron chi connectivity index (χ2n) is 13.9. The molecule has 0 spiro atoms. The lowest BCUT2D eigenvalue weighted by Crippen LogP contribution is -2.66. The quantitative estimate of drug-likeness (QED) is 0.307. The summed E-state index contributed by atoms with van der Waals surface area (Å²) in [5.41, 5.74) is -0.550. The number of hydrogen-bond donors (Lipinski definition) is 4. The molecule has 0 aromatic carbocycles. The Morgan fingerprint density at radius 3 is 2.51 bits per heavy atom. The summed E-state index contributed by atoms with van der Waals surface area (Å²) in [6.45, 7) is 6.46. The van der Waals surface area contributed by atoms with Crippen molar-refractivity contribution < 1.29 is 44.2 Å². The number of carbonyl (C=O) groups excluding carboxylic acids is 1. The highest BCUT2D eigenvalue weighted by Gasteiger charge is 2.70. The zero-order valence-corrected chi connectivity index (χ0v) is 23.6. The Morgan fingerprint density at radius 2 is 1.82 bits per heavy atom. The van der Waals surface area contributed by atoms with Crippen LogP contribution in [0.4, 0.5) is 0 Å². The number of carbonyl (C=O) groups is 1. The molecule has 9 nitrogen and oxygen atoms in total. The van der Waals surface area contributed by atoms with E-state index >= 15 is 0 Å². The summed E-state index contributed by atoms with van der Waals surface area (Å²) in [4.78, 5) is 11.8. The monoisotopic (exact) mass is 550 g/mol. The van der Waals surface area contributed by atoms with Crippen LogP contribution < -0.4 is 0 Å². The van der Waals surface area contributed by atoms with Crippen LogP contribution in [0.5, 0.6) is 0 Å². The first kappa shape index (κ1) is 28.1. The Kier molecular flexibility index (Phi) is 7.02. The van der Waals surface area contributed by atoms with Crippen molar-refractivity contribution in [1.82, 2.24) is 0 Å². The van der Waals surface area contributed by atoms with Crippen molar-refractivity contribution in [3.05, 3.63) is 11.6 Å². The molecule has 220 valence electrons. The topological polar surface area (TPSA) is 135 Å². The van der Waals surface area contributed by atoms with E-state index < -0.39 is 47.8 Å². The van der Waals surface area contributed by atoms with Crippen LogP contribution in [0.2, 0.25) is 0 Å². The number of rotatable bonds is 4. The lowest BCUT2D eigenvalue weighted by Gasteiger charge is -2.65. The van der Waals surface area contributed by atoms with Crippen LogP contribution in [0.1, 0.15) is 72.1 Å². The zero-order chi connectivity index (χ0) is 27.9. The maximum absolute atomic E-state index is 12.4. The smallest absolute Gasteiger partial charge is 0.331 e. The zero-order valence-electron chi connectivity index (χ0n) is 23.6. The second kappa shape index (κ2) is 9.75. The third-order valence-corrected chi connectivity index (χ3v) is 12.3. The Labute approximate surface area is 230 Å². The molecule has 14 atom stereocenters. The molecule has 0 amide bonds. The van der Waals surface area contributed by atoms with Crippen molar-refractivity contribution in [3.8, 4) is 0 Å². The fraction of sp³-hybridized carbons (Fsp3) is 0.900. The minimum Gasteiger partial charge on any atom is -0.458 e. The summed E-state index contributed by atoms with van der Waals surface area (Å²) >= 11 is 0. The van der Waals surface area contributed by atoms with Crippen LogP contribution in [0, 0.1) is 34.5 Å². The average Bonchev–Trinajstić information content (AvgIpc) is 3.42. The third kappa shape index (κ3) is 4.09. The molecule has 39 heavy (non-hydrogen) atoms. The maximum atomic E-state index is 12.4. The molecule has 0 aromatic heterocycles. The molecule has 0 bridgehead atoms. The predicted molar refractivity (Wildman–Crippen MR) is 139 cm³/mol. The molecule has 1 saturated heterocycles. The van der Waals surface area contributed by atoms with Gasteiger partial charge in [-0.3, -0.25) is 0 Å². The number of hydrogen-bond acceptors (Lipinski definition) is 9. The van der Waals surface area contributed by atoms with Gasteiger partial charge in [0, 0.05) is 18.6 Å². The van der Waals surface area contributed by atoms with Gasteiger partial charge in [-0.1, -0.05) is 13.8 Å². The highest BCUT2D eigenvalue weighted by molar-refractivity contribution is 5.85. The second-order valence-corrected chi connectivity index (χ2v) is 13.9. The lowest BCUT2D eigenvalue weighted by atomic mass is 9.42. The minimum atomic E-state index is -1.08. The Bertz CT molecular complexity index is 1000. The number of methoxy groups -OCH3 is 1. The van der Waals surface area contributed by atoms with Crippen molar-refractivity contribution in [2.24, 2.45) is 34.5 Å². The van der Waals surface area contributed by atoms with Gasteiger partial charge < -0.3 is 39.4 Å². The minimum absolute atomic E-state index is 0.00175. The van der Waals surface area contributed by atoms with E-state index in [1.807, 2.05) is 0 Å². The average molecular weight is 551 g/mol. The van der Waals surface area contributed by atoms with Gasteiger partial charge in [0.25, 0.3) is 0 Å². The molecule has 4 aliphatic carbocycles. The lowest BCUT2D eigenvalue weighted by molar-refractivity contribution is -0.314. The summed E-state index contributed by atoms with van der Waals surface area (Å²) in [5, 5.41) is 45.2. The van der Waals surface area contributed by atoms with Gasteiger partial charge in [-0.15, -0.1) is 0 Å². The third-order valence-electron chi connectivity index (χ3n) is 12.3. The van der Waals surface area contributed by atoms with E-state index in [1.54, 1.807) is 13.0 Å². The van der Waals surface area contributed by atoms with Gasteiger partial charge in [0.1, 0.15) is 24.9 Å². The molecule has 0 aromatic rings. The fourth-order valence-electron chi connectivity index (χ4n) is 10.2. The summed E-state index contributed by atoms with van der Waals surface area (Å²) in [6.07, 6.45) is 3.05. The summed E-state index contributed by atoms with van der Waals surface area (Å²) < 4.78 is 22.7. The van der Waals surface area contributed by atoms with Gasteiger partial charge in [-0.2, -0.15) is 0 Å². The fourth-order valence-corrected chi connectivity index (χ4v) is 10.2. The van der Waals surface area contributed by atoms with Crippen LogP contribution >= 0.6 is 0 Å². The van der Waals surface area contributed by atoms with E-state index in [1.165, 1.54) is 7.11 Å². The van der Waals surface area contributed by atoms with Gasteiger partial charge in [0.05, 0.1) is 23.9 Å². The van der Waals surface area contributed by atoms with Gasteiger partial charge in [0.2, 0.25) is 0 Å². The van der Waals surface area contributed by atoms with Crippen molar-refractivity contribution >= 4 is 5.97 Å². The summed E-state index contributed by atoms with van der Waals surface area (Å²) in [6, 6.07) is 0. The molecule has 6 aliphatic rings. The number of esters is 1. The standard InChI is InChI=1S/C30H46O9/c1-15-24(33)26(36-4)25(34)27(38-15)39-18-7-9-28(2)17(12-18)5-6-20-23(28)21(31)13-29(3)19(8-10-30(20,29)35)16-11-22(32)37-14-16/h11,15,17-21,23-27,31,33-35H,5-10,12-14H2,1-4H3/t15-,17?,18?,19?,20?,21?,23?,24+,25-,26+,27+,28?,29?,30?/m1/s1. The molecule has 5 fully saturated rings. The highest BCUT2D eigenvalue weighted by Crippen LogP contribution is 2.70. The van der Waals surface area contributed by atoms with E-state index in [0.29, 0.717) is 25.4 Å². The first-order chi connectivity index (χ1) is 18.4. The molecule has 9 heteroatoms. The van der Waals surface area contributed by atoms with Crippen LogP contribution in [0.25, 0.3) is 0 Å². The molecule has 6 rings (SSSR count). The van der Waals surface area contributed by atoms with Crippen molar-refractivity contribution in [2.45, 2.75) is 121 Å². The Balaban J connectivity index is 1.18. The molecule has 0 radical (unpaired) electrons. The molecule has 2 heterocycles. The number of fused-ring (bicyclic) bond motifs is 5. The van der Waals surface area contributed by atoms with Crippen LogP contribution in [0.3, 0.4) is 0 Å². The molecule has 2 aliphatic heterocycles. The van der Waals surface area contributed by atoms with E-state index in [9.17, 15) is 25.2 Å². The normalized spacial score (nSPS) is 55.3. The number of cyclic esters (lactones) is 1.